The summed E-state index contributed by atoms with van der Waals surface area (Å²) in [6, 6.07) is 1.40. The molecule has 3 rings (SSSR count). The smallest absolute Gasteiger partial charge is 0.383 e. The molecule has 1 aromatic heterocycles. The van der Waals surface area contributed by atoms with E-state index in [9.17, 15) is 9.36 Å². The summed E-state index contributed by atoms with van der Waals surface area (Å²) >= 11 is 12.8. The van der Waals surface area contributed by atoms with Gasteiger partial charge in [-0.3, -0.25) is 18.1 Å². The molecule has 2 aliphatic heterocycles. The highest BCUT2D eigenvalue weighted by Gasteiger charge is 2.62. The van der Waals surface area contributed by atoms with Gasteiger partial charge in [0, 0.05) is 6.20 Å². The third kappa shape index (κ3) is 3.22. The van der Waals surface area contributed by atoms with E-state index in [1.807, 2.05) is 0 Å². The SMILES string of the molecule is CC(C)O[P@]1(=O)OC[C@H]2O[C@@H](n3ccc(N)nc3=O)C(Cl)(Cl)[C@@H]2O1. The molecular formula is C12H16Cl2N3O6P. The average Bonchev–Trinajstić information content (AvgIpc) is 2.69. The van der Waals surface area contributed by atoms with Crippen LogP contribution in [0.15, 0.2) is 17.1 Å². The number of phosphoric acid groups is 1. The molecule has 0 unspecified atom stereocenters. The molecule has 2 fully saturated rings. The van der Waals surface area contributed by atoms with Gasteiger partial charge in [-0.05, 0) is 19.9 Å². The Hall–Kier alpha value is -0.670. The molecule has 0 radical (unpaired) electrons. The van der Waals surface area contributed by atoms with Gasteiger partial charge in [0.1, 0.15) is 18.0 Å². The lowest BCUT2D eigenvalue weighted by atomic mass is 10.2. The van der Waals surface area contributed by atoms with Gasteiger partial charge in [-0.1, -0.05) is 23.2 Å². The highest BCUT2D eigenvalue weighted by Crippen LogP contribution is 2.61. The Balaban J connectivity index is 1.90. The zero-order valence-electron chi connectivity index (χ0n) is 12.8. The number of fused-ring (bicyclic) bond motifs is 1. The normalized spacial score (nSPS) is 35.1. The van der Waals surface area contributed by atoms with Gasteiger partial charge < -0.3 is 10.5 Å². The molecule has 0 saturated carbocycles. The minimum absolute atomic E-state index is 0.0517. The molecule has 2 saturated heterocycles. The summed E-state index contributed by atoms with van der Waals surface area (Å²) in [4.78, 5) is 15.6. The summed E-state index contributed by atoms with van der Waals surface area (Å²) in [6.07, 6.45) is -1.90. The number of alkyl halides is 2. The number of phosphoric ester groups is 1. The number of ether oxygens (including phenoxy) is 1. The van der Waals surface area contributed by atoms with E-state index in [-0.39, 0.29) is 12.4 Å². The molecule has 4 atom stereocenters. The van der Waals surface area contributed by atoms with E-state index in [0.717, 1.165) is 4.57 Å². The van der Waals surface area contributed by atoms with Gasteiger partial charge in [-0.15, -0.1) is 0 Å². The number of anilines is 1. The summed E-state index contributed by atoms with van der Waals surface area (Å²) in [6.45, 7) is 3.25. The van der Waals surface area contributed by atoms with Gasteiger partial charge in [0.05, 0.1) is 12.7 Å². The minimum Gasteiger partial charge on any atom is -0.383 e. The number of nitrogens with zero attached hydrogens (tertiary/aromatic N) is 2. The van der Waals surface area contributed by atoms with E-state index in [2.05, 4.69) is 4.98 Å². The topological polar surface area (TPSA) is 115 Å². The third-order valence-corrected chi connectivity index (χ3v) is 5.87. The third-order valence-electron chi connectivity index (χ3n) is 3.43. The predicted molar refractivity (Wildman–Crippen MR) is 85.9 cm³/mol. The highest BCUT2D eigenvalue weighted by molar-refractivity contribution is 7.48. The van der Waals surface area contributed by atoms with Crippen molar-refractivity contribution in [2.75, 3.05) is 12.3 Å². The lowest BCUT2D eigenvalue weighted by Crippen LogP contribution is -2.43. The second-order valence-electron chi connectivity index (χ2n) is 5.67. The molecule has 0 amide bonds. The average molecular weight is 400 g/mol. The maximum Gasteiger partial charge on any atom is 0.475 e. The maximum absolute atomic E-state index is 12.5. The van der Waals surface area contributed by atoms with E-state index >= 15 is 0 Å². The minimum atomic E-state index is -3.83. The van der Waals surface area contributed by atoms with Crippen molar-refractivity contribution in [2.45, 2.75) is 42.7 Å². The van der Waals surface area contributed by atoms with Crippen molar-refractivity contribution in [1.82, 2.24) is 9.55 Å². The molecule has 24 heavy (non-hydrogen) atoms. The van der Waals surface area contributed by atoms with Gasteiger partial charge >= 0.3 is 13.5 Å². The summed E-state index contributed by atoms with van der Waals surface area (Å²) in [5.74, 6) is 0.0517. The van der Waals surface area contributed by atoms with Crippen LogP contribution in [0.25, 0.3) is 0 Å². The lowest BCUT2D eigenvalue weighted by Gasteiger charge is -2.33. The standard InChI is InChI=1S/C12H16Cl2N3O6P/c1-6(2)22-24(19)20-5-7-9(23-24)12(13,14)10(21-7)17-4-3-8(15)16-11(17)18/h3-4,6-7,9-10H,5H2,1-2H3,(H2,15,16,18)/t7-,9-,10-,24+/m1/s1. The van der Waals surface area contributed by atoms with Crippen molar-refractivity contribution in [3.8, 4) is 0 Å². The Morgan fingerprint density at radius 3 is 2.88 bits per heavy atom. The Morgan fingerprint density at radius 1 is 1.54 bits per heavy atom. The largest absolute Gasteiger partial charge is 0.475 e. The van der Waals surface area contributed by atoms with E-state index < -0.39 is 42.4 Å². The number of aromatic nitrogens is 2. The van der Waals surface area contributed by atoms with Crippen LogP contribution in [0.3, 0.4) is 0 Å². The highest BCUT2D eigenvalue weighted by atomic mass is 35.5. The fourth-order valence-electron chi connectivity index (χ4n) is 2.48. The quantitative estimate of drug-likeness (QED) is 0.604. The maximum atomic E-state index is 12.5. The number of halogens is 2. The van der Waals surface area contributed by atoms with Crippen LogP contribution in [0.1, 0.15) is 20.1 Å². The number of rotatable bonds is 3. The molecule has 1 aromatic rings. The summed E-state index contributed by atoms with van der Waals surface area (Å²) in [7, 11) is -3.83. The van der Waals surface area contributed by atoms with Crippen LogP contribution in [0, 0.1) is 0 Å². The second-order valence-corrected chi connectivity index (χ2v) is 8.69. The molecule has 0 aliphatic carbocycles. The first-order chi connectivity index (χ1) is 11.1. The van der Waals surface area contributed by atoms with Gasteiger partial charge in [0.2, 0.25) is 0 Å². The lowest BCUT2D eigenvalue weighted by molar-refractivity contribution is -0.0748. The van der Waals surface area contributed by atoms with Crippen LogP contribution < -0.4 is 11.4 Å². The van der Waals surface area contributed by atoms with Crippen molar-refractivity contribution in [2.24, 2.45) is 0 Å². The number of hydrogen-bond donors (Lipinski definition) is 1. The van der Waals surface area contributed by atoms with E-state index in [0.29, 0.717) is 0 Å². The molecule has 134 valence electrons. The molecule has 0 bridgehead atoms. The van der Waals surface area contributed by atoms with E-state index in [1.165, 1.54) is 12.3 Å². The van der Waals surface area contributed by atoms with E-state index in [4.69, 9.17) is 47.2 Å². The van der Waals surface area contributed by atoms with Crippen LogP contribution >= 0.6 is 31.0 Å². The van der Waals surface area contributed by atoms with Gasteiger partial charge in [0.25, 0.3) is 0 Å². The molecule has 0 aromatic carbocycles. The van der Waals surface area contributed by atoms with Crippen molar-refractivity contribution in [3.05, 3.63) is 22.7 Å². The van der Waals surface area contributed by atoms with Crippen LogP contribution in [0.5, 0.6) is 0 Å². The fourth-order valence-corrected chi connectivity index (χ4v) is 4.89. The second kappa shape index (κ2) is 6.25. The summed E-state index contributed by atoms with van der Waals surface area (Å²) in [5.41, 5.74) is 4.78. The molecule has 0 spiro atoms. The predicted octanol–water partition coefficient (Wildman–Crippen LogP) is 1.85. The van der Waals surface area contributed by atoms with Crippen LogP contribution in [0.4, 0.5) is 5.82 Å². The first-order valence-electron chi connectivity index (χ1n) is 7.12. The zero-order chi connectivity index (χ0) is 17.7. The molecule has 3 heterocycles. The van der Waals surface area contributed by atoms with Crippen LogP contribution in [-0.2, 0) is 22.9 Å². The molecule has 12 heteroatoms. The molecular weight excluding hydrogens is 384 g/mol. The first kappa shape index (κ1) is 18.1. The Labute approximate surface area is 147 Å². The number of nitrogens with two attached hydrogens (primary N) is 1. The fraction of sp³-hybridized carbons (Fsp3) is 0.667. The van der Waals surface area contributed by atoms with Gasteiger partial charge in [0.15, 0.2) is 10.6 Å². The molecule has 9 nitrogen and oxygen atoms in total. The summed E-state index contributed by atoms with van der Waals surface area (Å²) < 4.78 is 33.3. The van der Waals surface area contributed by atoms with Crippen molar-refractivity contribution in [1.29, 1.82) is 0 Å². The van der Waals surface area contributed by atoms with Gasteiger partial charge in [-0.25, -0.2) is 9.36 Å². The monoisotopic (exact) mass is 399 g/mol. The Kier molecular flexibility index (Phi) is 4.72. The van der Waals surface area contributed by atoms with E-state index in [1.54, 1.807) is 13.8 Å². The molecule has 2 N–H and O–H groups in total. The first-order valence-corrected chi connectivity index (χ1v) is 9.33. The zero-order valence-corrected chi connectivity index (χ0v) is 15.2. The van der Waals surface area contributed by atoms with Crippen molar-refractivity contribution in [3.63, 3.8) is 0 Å². The van der Waals surface area contributed by atoms with Crippen LogP contribution in [0.2, 0.25) is 0 Å². The van der Waals surface area contributed by atoms with Gasteiger partial charge in [-0.2, -0.15) is 4.98 Å². The number of hydrogen-bond acceptors (Lipinski definition) is 8. The molecule has 2 aliphatic rings. The number of nitrogen functional groups attached to an aromatic ring is 1. The Morgan fingerprint density at radius 2 is 2.25 bits per heavy atom. The van der Waals surface area contributed by atoms with Crippen LogP contribution in [-0.4, -0.2) is 38.8 Å². The Bertz CT molecular complexity index is 742. The van der Waals surface area contributed by atoms with Crippen molar-refractivity contribution >= 4 is 36.8 Å². The van der Waals surface area contributed by atoms with Crippen molar-refractivity contribution < 1.29 is 22.9 Å². The summed E-state index contributed by atoms with van der Waals surface area (Å²) in [5, 5.41) is 0.